The standard InChI is InChI=1S/C27H29N5O/c28-27(29)30-15-5-10-25(31-18-19-11-12-20-6-1-3-8-22(20)16-19)26(33)32-24-14-13-21-7-2-4-9-23(21)17-24/h1-4,6-9,11-14,16-17,25,31H,5,10,15,18H2,(H,32,33)(H4,28,29,30)/t25-/m1/s1. The molecule has 4 rings (SSSR count). The number of amides is 1. The number of rotatable bonds is 9. The molecule has 1 atom stereocenters. The van der Waals surface area contributed by atoms with E-state index in [0.717, 1.165) is 22.0 Å². The van der Waals surface area contributed by atoms with Crippen LogP contribution in [0.15, 0.2) is 89.9 Å². The monoisotopic (exact) mass is 439 g/mol. The van der Waals surface area contributed by atoms with Crippen molar-refractivity contribution in [1.29, 1.82) is 0 Å². The number of nitrogens with zero attached hydrogens (tertiary/aromatic N) is 1. The van der Waals surface area contributed by atoms with E-state index in [2.05, 4.69) is 52.0 Å². The van der Waals surface area contributed by atoms with E-state index in [1.54, 1.807) is 0 Å². The fourth-order valence-corrected chi connectivity index (χ4v) is 3.92. The zero-order valence-electron chi connectivity index (χ0n) is 18.5. The Kier molecular flexibility index (Phi) is 7.17. The van der Waals surface area contributed by atoms with Gasteiger partial charge in [-0.3, -0.25) is 9.79 Å². The molecule has 4 aromatic rings. The van der Waals surface area contributed by atoms with Crippen LogP contribution < -0.4 is 22.1 Å². The molecular weight excluding hydrogens is 410 g/mol. The smallest absolute Gasteiger partial charge is 0.241 e. The molecule has 33 heavy (non-hydrogen) atoms. The maximum atomic E-state index is 13.2. The number of nitrogens with two attached hydrogens (primary N) is 2. The van der Waals surface area contributed by atoms with Crippen LogP contribution in [0.3, 0.4) is 0 Å². The van der Waals surface area contributed by atoms with Crippen LogP contribution >= 0.6 is 0 Å². The third kappa shape index (κ3) is 6.08. The first-order valence-corrected chi connectivity index (χ1v) is 11.1. The molecule has 0 spiro atoms. The van der Waals surface area contributed by atoms with Crippen molar-refractivity contribution in [2.24, 2.45) is 16.5 Å². The molecule has 0 aliphatic carbocycles. The van der Waals surface area contributed by atoms with Gasteiger partial charge < -0.3 is 22.1 Å². The minimum absolute atomic E-state index is 0.0660. The average molecular weight is 440 g/mol. The Hall–Kier alpha value is -3.90. The molecule has 1 amide bonds. The molecule has 0 radical (unpaired) electrons. The zero-order chi connectivity index (χ0) is 23.0. The lowest BCUT2D eigenvalue weighted by molar-refractivity contribution is -0.118. The Bertz CT molecular complexity index is 1280. The lowest BCUT2D eigenvalue weighted by Gasteiger charge is -2.19. The number of hydrogen-bond acceptors (Lipinski definition) is 3. The molecule has 0 heterocycles. The Morgan fingerprint density at radius 3 is 2.15 bits per heavy atom. The van der Waals surface area contributed by atoms with Gasteiger partial charge in [-0.25, -0.2) is 0 Å². The first-order chi connectivity index (χ1) is 16.1. The van der Waals surface area contributed by atoms with E-state index in [0.29, 0.717) is 25.9 Å². The van der Waals surface area contributed by atoms with Gasteiger partial charge in [-0.2, -0.15) is 0 Å². The first kappa shape index (κ1) is 22.3. The average Bonchev–Trinajstić information content (AvgIpc) is 2.83. The summed E-state index contributed by atoms with van der Waals surface area (Å²) < 4.78 is 0. The van der Waals surface area contributed by atoms with Crippen LogP contribution in [0.1, 0.15) is 18.4 Å². The van der Waals surface area contributed by atoms with E-state index >= 15 is 0 Å². The highest BCUT2D eigenvalue weighted by atomic mass is 16.2. The Morgan fingerprint density at radius 1 is 0.818 bits per heavy atom. The van der Waals surface area contributed by atoms with Gasteiger partial charge in [-0.15, -0.1) is 0 Å². The molecule has 0 aromatic heterocycles. The van der Waals surface area contributed by atoms with E-state index in [-0.39, 0.29) is 17.9 Å². The predicted molar refractivity (Wildman–Crippen MR) is 137 cm³/mol. The number of carbonyl (C=O) groups excluding carboxylic acids is 1. The molecule has 6 nitrogen and oxygen atoms in total. The number of hydrogen-bond donors (Lipinski definition) is 4. The van der Waals surface area contributed by atoms with Crippen molar-refractivity contribution in [3.05, 3.63) is 90.5 Å². The summed E-state index contributed by atoms with van der Waals surface area (Å²) in [6.45, 7) is 1.07. The highest BCUT2D eigenvalue weighted by Gasteiger charge is 2.18. The van der Waals surface area contributed by atoms with E-state index < -0.39 is 0 Å². The maximum Gasteiger partial charge on any atom is 0.241 e. The molecule has 4 aromatic carbocycles. The van der Waals surface area contributed by atoms with Gasteiger partial charge in [-0.1, -0.05) is 66.7 Å². The fourth-order valence-electron chi connectivity index (χ4n) is 3.92. The van der Waals surface area contributed by atoms with Crippen molar-refractivity contribution in [2.75, 3.05) is 11.9 Å². The molecule has 0 aliphatic heterocycles. The third-order valence-electron chi connectivity index (χ3n) is 5.65. The number of nitrogens with one attached hydrogen (secondary N) is 2. The Morgan fingerprint density at radius 2 is 1.45 bits per heavy atom. The number of fused-ring (bicyclic) bond motifs is 2. The van der Waals surface area contributed by atoms with E-state index in [4.69, 9.17) is 11.5 Å². The molecule has 0 aliphatic rings. The molecule has 0 bridgehead atoms. The van der Waals surface area contributed by atoms with Crippen LogP contribution in [0.2, 0.25) is 0 Å². The number of aliphatic imine (C=N–C) groups is 1. The molecular formula is C27H29N5O. The SMILES string of the molecule is NC(N)=NCCC[C@@H](NCc1ccc2ccccc2c1)C(=O)Nc1ccc2ccccc2c1. The van der Waals surface area contributed by atoms with Gasteiger partial charge in [0, 0.05) is 18.8 Å². The summed E-state index contributed by atoms with van der Waals surface area (Å²) in [5.74, 6) is -0.00735. The van der Waals surface area contributed by atoms with Crippen molar-refractivity contribution in [3.63, 3.8) is 0 Å². The normalized spacial score (nSPS) is 11.9. The summed E-state index contributed by atoms with van der Waals surface area (Å²) in [5, 5.41) is 11.1. The highest BCUT2D eigenvalue weighted by molar-refractivity contribution is 5.97. The van der Waals surface area contributed by atoms with Crippen LogP contribution in [-0.4, -0.2) is 24.5 Å². The summed E-state index contributed by atoms with van der Waals surface area (Å²) in [6, 6.07) is 28.2. The van der Waals surface area contributed by atoms with Gasteiger partial charge in [-0.05, 0) is 58.1 Å². The van der Waals surface area contributed by atoms with E-state index in [1.807, 2.05) is 48.5 Å². The van der Waals surface area contributed by atoms with E-state index in [1.165, 1.54) is 10.8 Å². The summed E-state index contributed by atoms with van der Waals surface area (Å²) in [6.07, 6.45) is 1.31. The second kappa shape index (κ2) is 10.6. The van der Waals surface area contributed by atoms with Crippen LogP contribution in [0.5, 0.6) is 0 Å². The van der Waals surface area contributed by atoms with Crippen molar-refractivity contribution in [2.45, 2.75) is 25.4 Å². The predicted octanol–water partition coefficient (Wildman–Crippen LogP) is 4.14. The number of guanidine groups is 1. The lowest BCUT2D eigenvalue weighted by atomic mass is 10.1. The zero-order valence-corrected chi connectivity index (χ0v) is 18.5. The van der Waals surface area contributed by atoms with Crippen LogP contribution in [-0.2, 0) is 11.3 Å². The lowest BCUT2D eigenvalue weighted by Crippen LogP contribution is -2.40. The summed E-state index contributed by atoms with van der Waals surface area (Å²) in [4.78, 5) is 17.2. The summed E-state index contributed by atoms with van der Waals surface area (Å²) in [7, 11) is 0. The summed E-state index contributed by atoms with van der Waals surface area (Å²) in [5.41, 5.74) is 12.8. The Labute approximate surface area is 193 Å². The molecule has 0 saturated carbocycles. The van der Waals surface area contributed by atoms with Crippen molar-refractivity contribution in [1.82, 2.24) is 5.32 Å². The second-order valence-electron chi connectivity index (χ2n) is 8.11. The van der Waals surface area contributed by atoms with Gasteiger partial charge in [0.2, 0.25) is 5.91 Å². The minimum Gasteiger partial charge on any atom is -0.370 e. The quantitative estimate of drug-likeness (QED) is 0.179. The van der Waals surface area contributed by atoms with Gasteiger partial charge in [0.1, 0.15) is 0 Å². The maximum absolute atomic E-state index is 13.2. The van der Waals surface area contributed by atoms with Crippen LogP contribution in [0.4, 0.5) is 5.69 Å². The van der Waals surface area contributed by atoms with Gasteiger partial charge in [0.05, 0.1) is 6.04 Å². The molecule has 6 N–H and O–H groups in total. The van der Waals surface area contributed by atoms with Crippen molar-refractivity contribution in [3.8, 4) is 0 Å². The molecule has 0 saturated heterocycles. The van der Waals surface area contributed by atoms with Crippen molar-refractivity contribution < 1.29 is 4.79 Å². The van der Waals surface area contributed by atoms with Crippen LogP contribution in [0.25, 0.3) is 21.5 Å². The third-order valence-corrected chi connectivity index (χ3v) is 5.65. The first-order valence-electron chi connectivity index (χ1n) is 11.1. The number of carbonyl (C=O) groups is 1. The van der Waals surface area contributed by atoms with E-state index in [9.17, 15) is 4.79 Å². The summed E-state index contributed by atoms with van der Waals surface area (Å²) >= 11 is 0. The fraction of sp³-hybridized carbons (Fsp3) is 0.185. The molecule has 0 unspecified atom stereocenters. The molecule has 168 valence electrons. The van der Waals surface area contributed by atoms with Crippen LogP contribution in [0, 0.1) is 0 Å². The molecule has 6 heteroatoms. The molecule has 0 fully saturated rings. The second-order valence-corrected chi connectivity index (χ2v) is 8.11. The van der Waals surface area contributed by atoms with Gasteiger partial charge >= 0.3 is 0 Å². The number of benzene rings is 4. The highest BCUT2D eigenvalue weighted by Crippen LogP contribution is 2.20. The topological polar surface area (TPSA) is 106 Å². The Balaban J connectivity index is 1.45. The van der Waals surface area contributed by atoms with Crippen molar-refractivity contribution >= 4 is 39.1 Å². The largest absolute Gasteiger partial charge is 0.370 e. The van der Waals surface area contributed by atoms with Gasteiger partial charge in [0.15, 0.2) is 5.96 Å². The number of anilines is 1. The minimum atomic E-state index is -0.378. The van der Waals surface area contributed by atoms with Gasteiger partial charge in [0.25, 0.3) is 0 Å².